The van der Waals surface area contributed by atoms with Gasteiger partial charge in [-0.25, -0.2) is 9.69 Å². The molecule has 7 nitrogen and oxygen atoms in total. The molecule has 1 fully saturated rings. The number of hydrogen-bond acceptors (Lipinski definition) is 5. The molecule has 0 radical (unpaired) electrons. The molecule has 7 aromatic carbocycles. The summed E-state index contributed by atoms with van der Waals surface area (Å²) in [6, 6.07) is 48.2. The van der Waals surface area contributed by atoms with E-state index in [-0.39, 0.29) is 24.0 Å². The minimum absolute atomic E-state index is 0.0704. The maximum atomic E-state index is 14.8. The number of benzene rings is 7. The Bertz CT molecular complexity index is 2740. The molecule has 0 aliphatic carbocycles. The standard InChI is InChI=1S/C51H41N3O4/c1-32-20-21-35-16-9-11-19-39(35)46(32)31-58-47-23-22-36-17-8-10-18-38(36)42(47)30-45-49(55)52-51(57)54(50(45)56)37-28-43-40(33-12-4-2-5-13-33)24-26-53-27-25-41(44(29-37)48(43)53)34-14-6-3-7-15-34/h2-23,28-30,40-41H,24-27,31H2,1H3,(H,52,55,57)/b45-30+/t40-,41-/m0/s1. The van der Waals surface area contributed by atoms with Crippen molar-refractivity contribution in [3.63, 3.8) is 0 Å². The first-order chi connectivity index (χ1) is 28.4. The Kier molecular flexibility index (Phi) is 8.86. The number of aryl methyl sites for hydroxylation is 1. The van der Waals surface area contributed by atoms with Crippen molar-refractivity contribution in [2.45, 2.75) is 38.2 Å². The summed E-state index contributed by atoms with van der Waals surface area (Å²) < 4.78 is 6.61. The van der Waals surface area contributed by atoms with Crippen LogP contribution >= 0.6 is 0 Å². The first-order valence-corrected chi connectivity index (χ1v) is 20.0. The first kappa shape index (κ1) is 35.4. The molecule has 284 valence electrons. The molecule has 10 rings (SSSR count). The van der Waals surface area contributed by atoms with Crippen LogP contribution < -0.4 is 19.9 Å². The Balaban J connectivity index is 1.09. The van der Waals surface area contributed by atoms with Gasteiger partial charge in [0, 0.05) is 41.7 Å². The number of anilines is 2. The minimum Gasteiger partial charge on any atom is -0.488 e. The van der Waals surface area contributed by atoms with Gasteiger partial charge in [0.15, 0.2) is 0 Å². The van der Waals surface area contributed by atoms with Crippen LogP contribution in [-0.4, -0.2) is 30.9 Å². The highest BCUT2D eigenvalue weighted by Gasteiger charge is 2.41. The van der Waals surface area contributed by atoms with Gasteiger partial charge >= 0.3 is 6.03 Å². The van der Waals surface area contributed by atoms with Gasteiger partial charge in [0.2, 0.25) is 0 Å². The van der Waals surface area contributed by atoms with E-state index in [1.165, 1.54) is 16.8 Å². The third-order valence-electron chi connectivity index (χ3n) is 12.2. The number of urea groups is 1. The van der Waals surface area contributed by atoms with Gasteiger partial charge in [0.1, 0.15) is 17.9 Å². The normalized spacial score (nSPS) is 18.4. The summed E-state index contributed by atoms with van der Waals surface area (Å²) in [5, 5.41) is 6.49. The zero-order valence-corrected chi connectivity index (χ0v) is 32.2. The first-order valence-electron chi connectivity index (χ1n) is 20.0. The number of carbonyl (C=O) groups is 3. The molecule has 0 unspecified atom stereocenters. The molecule has 0 aromatic heterocycles. The zero-order valence-electron chi connectivity index (χ0n) is 32.2. The monoisotopic (exact) mass is 759 g/mol. The van der Waals surface area contributed by atoms with Crippen molar-refractivity contribution in [2.24, 2.45) is 0 Å². The molecule has 7 heteroatoms. The molecule has 7 aromatic rings. The number of amides is 4. The lowest BCUT2D eigenvalue weighted by Gasteiger charge is -2.44. The highest BCUT2D eigenvalue weighted by atomic mass is 16.5. The number of ether oxygens (including phenoxy) is 1. The van der Waals surface area contributed by atoms with Gasteiger partial charge in [0.05, 0.1) is 5.69 Å². The molecule has 4 amide bonds. The second kappa shape index (κ2) is 14.5. The molecule has 3 heterocycles. The largest absolute Gasteiger partial charge is 0.488 e. The molecule has 0 spiro atoms. The maximum Gasteiger partial charge on any atom is 0.335 e. The van der Waals surface area contributed by atoms with Gasteiger partial charge < -0.3 is 9.64 Å². The van der Waals surface area contributed by atoms with Gasteiger partial charge in [-0.1, -0.05) is 127 Å². The van der Waals surface area contributed by atoms with Crippen molar-refractivity contribution in [2.75, 3.05) is 22.9 Å². The summed E-state index contributed by atoms with van der Waals surface area (Å²) in [7, 11) is 0. The minimum atomic E-state index is -0.767. The molecule has 0 bridgehead atoms. The highest BCUT2D eigenvalue weighted by molar-refractivity contribution is 6.39. The Labute approximate surface area is 337 Å². The molecule has 0 saturated carbocycles. The van der Waals surface area contributed by atoms with Gasteiger partial charge in [-0.05, 0) is 93.4 Å². The second-order valence-electron chi connectivity index (χ2n) is 15.5. The molecular weight excluding hydrogens is 719 g/mol. The van der Waals surface area contributed by atoms with E-state index >= 15 is 0 Å². The van der Waals surface area contributed by atoms with Crippen LogP contribution in [0.25, 0.3) is 27.6 Å². The third kappa shape index (κ3) is 6.11. The van der Waals surface area contributed by atoms with Crippen LogP contribution in [0, 0.1) is 6.92 Å². The third-order valence-corrected chi connectivity index (χ3v) is 12.2. The average Bonchev–Trinajstić information content (AvgIpc) is 3.25. The number of nitrogens with zero attached hydrogens (tertiary/aromatic N) is 2. The van der Waals surface area contributed by atoms with Crippen LogP contribution in [0.4, 0.5) is 16.2 Å². The predicted octanol–water partition coefficient (Wildman–Crippen LogP) is 10.4. The molecule has 2 atom stereocenters. The van der Waals surface area contributed by atoms with Gasteiger partial charge in [-0.15, -0.1) is 0 Å². The van der Waals surface area contributed by atoms with E-state index in [1.807, 2.05) is 72.8 Å². The summed E-state index contributed by atoms with van der Waals surface area (Å²) in [4.78, 5) is 46.2. The number of barbiturate groups is 1. The molecular formula is C51H41N3O4. The fourth-order valence-electron chi connectivity index (χ4n) is 9.34. The van der Waals surface area contributed by atoms with E-state index in [1.54, 1.807) is 6.08 Å². The quantitative estimate of drug-likeness (QED) is 0.129. The molecule has 1 saturated heterocycles. The van der Waals surface area contributed by atoms with Crippen molar-refractivity contribution < 1.29 is 19.1 Å². The lowest BCUT2D eigenvalue weighted by Crippen LogP contribution is -2.54. The lowest BCUT2D eigenvalue weighted by atomic mass is 9.76. The van der Waals surface area contributed by atoms with Crippen LogP contribution in [0.5, 0.6) is 5.75 Å². The van der Waals surface area contributed by atoms with Crippen LogP contribution in [0.3, 0.4) is 0 Å². The second-order valence-corrected chi connectivity index (χ2v) is 15.5. The molecule has 3 aliphatic heterocycles. The summed E-state index contributed by atoms with van der Waals surface area (Å²) >= 11 is 0. The number of carbonyl (C=O) groups excluding carboxylic acids is 3. The Morgan fingerprint density at radius 3 is 1.90 bits per heavy atom. The molecule has 58 heavy (non-hydrogen) atoms. The van der Waals surface area contributed by atoms with Crippen molar-refractivity contribution >= 4 is 56.8 Å². The smallest absolute Gasteiger partial charge is 0.335 e. The predicted molar refractivity (Wildman–Crippen MR) is 230 cm³/mol. The Hall–Kier alpha value is -6.99. The van der Waals surface area contributed by atoms with Crippen molar-refractivity contribution in [1.29, 1.82) is 0 Å². The number of rotatable bonds is 7. The van der Waals surface area contributed by atoms with E-state index in [4.69, 9.17) is 4.74 Å². The van der Waals surface area contributed by atoms with E-state index < -0.39 is 17.8 Å². The Morgan fingerprint density at radius 2 is 1.24 bits per heavy atom. The van der Waals surface area contributed by atoms with Crippen LogP contribution in [0.15, 0.2) is 151 Å². The average molecular weight is 760 g/mol. The summed E-state index contributed by atoms with van der Waals surface area (Å²) in [6.45, 7) is 4.19. The number of fused-ring (bicyclic) bond motifs is 2. The fourth-order valence-corrected chi connectivity index (χ4v) is 9.34. The van der Waals surface area contributed by atoms with Crippen LogP contribution in [-0.2, 0) is 16.2 Å². The van der Waals surface area contributed by atoms with Crippen molar-refractivity contribution in [1.82, 2.24) is 5.32 Å². The summed E-state index contributed by atoms with van der Waals surface area (Å²) in [6.07, 6.45) is 3.40. The summed E-state index contributed by atoms with van der Waals surface area (Å²) in [5.41, 5.74) is 8.79. The van der Waals surface area contributed by atoms with Gasteiger partial charge in [-0.2, -0.15) is 0 Å². The SMILES string of the molecule is Cc1ccc2ccccc2c1COc1ccc2ccccc2c1/C=C1\C(=O)NC(=O)N(c2cc3c4c(c2)[C@H](c2ccccc2)CCN4CC[C@H]3c2ccccc2)C1=O. The van der Waals surface area contributed by atoms with E-state index in [9.17, 15) is 14.4 Å². The zero-order chi connectivity index (χ0) is 39.3. The number of imide groups is 2. The topological polar surface area (TPSA) is 79.0 Å². The van der Waals surface area contributed by atoms with Crippen LogP contribution in [0.1, 0.15) is 63.6 Å². The van der Waals surface area contributed by atoms with E-state index in [2.05, 4.69) is 89.9 Å². The number of nitrogens with one attached hydrogen (secondary N) is 1. The molecule has 3 aliphatic rings. The highest BCUT2D eigenvalue weighted by Crippen LogP contribution is 2.50. The molecule has 1 N–H and O–H groups in total. The summed E-state index contributed by atoms with van der Waals surface area (Å²) in [5.74, 6) is -0.759. The Morgan fingerprint density at radius 1 is 0.672 bits per heavy atom. The number of hydrogen-bond donors (Lipinski definition) is 1. The van der Waals surface area contributed by atoms with Crippen molar-refractivity contribution in [3.05, 3.63) is 190 Å². The maximum absolute atomic E-state index is 14.8. The van der Waals surface area contributed by atoms with Gasteiger partial charge in [-0.3, -0.25) is 14.9 Å². The van der Waals surface area contributed by atoms with Crippen molar-refractivity contribution in [3.8, 4) is 5.75 Å². The van der Waals surface area contributed by atoms with E-state index in [0.717, 1.165) is 74.6 Å². The van der Waals surface area contributed by atoms with Crippen LogP contribution in [0.2, 0.25) is 0 Å². The lowest BCUT2D eigenvalue weighted by molar-refractivity contribution is -0.122. The van der Waals surface area contributed by atoms with E-state index in [0.29, 0.717) is 17.0 Å². The van der Waals surface area contributed by atoms with Gasteiger partial charge in [0.25, 0.3) is 11.8 Å². The fraction of sp³-hybridized carbons (Fsp3) is 0.157.